The summed E-state index contributed by atoms with van der Waals surface area (Å²) in [5, 5.41) is 9.44. The zero-order valence-electron chi connectivity index (χ0n) is 5.52. The quantitative estimate of drug-likeness (QED) is 0.437. The van der Waals surface area contributed by atoms with Crippen molar-refractivity contribution in [2.24, 2.45) is 0 Å². The van der Waals surface area contributed by atoms with Gasteiger partial charge >= 0.3 is 0 Å². The number of hydrogen-bond donors (Lipinski definition) is 3. The highest BCUT2D eigenvalue weighted by Crippen LogP contribution is 2.04. The highest BCUT2D eigenvalue weighted by Gasteiger charge is 2.08. The summed E-state index contributed by atoms with van der Waals surface area (Å²) in [7, 11) is 0. The maximum Gasteiger partial charge on any atom is 0.128 e. The van der Waals surface area contributed by atoms with Crippen molar-refractivity contribution < 1.29 is 0 Å². The fraction of sp³-hybridized carbons (Fsp3) is 0.143. The minimum absolute atomic E-state index is 0.815. The van der Waals surface area contributed by atoms with Crippen LogP contribution < -0.4 is 16.0 Å². The van der Waals surface area contributed by atoms with Crippen LogP contribution in [0.15, 0.2) is 35.9 Å². The van der Waals surface area contributed by atoms with E-state index in [0.29, 0.717) is 0 Å². The lowest BCUT2D eigenvalue weighted by molar-refractivity contribution is 0.776. The topological polar surface area (TPSA) is 36.1 Å². The molecule has 0 saturated carbocycles. The summed E-state index contributed by atoms with van der Waals surface area (Å²) in [5.74, 6) is 1.06. The number of hydrogen-bond acceptors (Lipinski definition) is 3. The molecule has 52 valence electrons. The van der Waals surface area contributed by atoms with Crippen LogP contribution in [0.5, 0.6) is 0 Å². The van der Waals surface area contributed by atoms with Crippen molar-refractivity contribution in [2.45, 2.75) is 0 Å². The molecule has 0 spiro atoms. The highest BCUT2D eigenvalue weighted by atomic mass is 15.2. The van der Waals surface area contributed by atoms with Crippen LogP contribution >= 0.6 is 0 Å². The minimum Gasteiger partial charge on any atom is -0.365 e. The Morgan fingerprint density at radius 3 is 3.20 bits per heavy atom. The van der Waals surface area contributed by atoms with E-state index in [1.807, 2.05) is 24.4 Å². The Morgan fingerprint density at radius 1 is 1.20 bits per heavy atom. The van der Waals surface area contributed by atoms with Crippen molar-refractivity contribution >= 4 is 0 Å². The molecule has 0 amide bonds. The second-order valence-electron chi connectivity index (χ2n) is 2.18. The molecule has 0 unspecified atom stereocenters. The standard InChI is InChI=1S/C7H9N3/c1-2-4-8-7-6(3-1)9-5-10-7/h1-4,8-10H,5H2. The van der Waals surface area contributed by atoms with Crippen molar-refractivity contribution in [3.8, 4) is 0 Å². The van der Waals surface area contributed by atoms with Gasteiger partial charge in [0.05, 0.1) is 12.4 Å². The molecule has 0 radical (unpaired) electrons. The molecule has 3 N–H and O–H groups in total. The molecule has 3 nitrogen and oxygen atoms in total. The lowest BCUT2D eigenvalue weighted by atomic mass is 10.4. The van der Waals surface area contributed by atoms with Crippen LogP contribution in [-0.4, -0.2) is 6.67 Å². The van der Waals surface area contributed by atoms with Gasteiger partial charge in [-0.15, -0.1) is 0 Å². The molecule has 0 bridgehead atoms. The van der Waals surface area contributed by atoms with Gasteiger partial charge in [-0.25, -0.2) is 0 Å². The first-order valence-corrected chi connectivity index (χ1v) is 3.28. The SMILES string of the molecule is C1=CNC2=C(C=C1)NCN2. The van der Waals surface area contributed by atoms with Crippen LogP contribution in [0, 0.1) is 0 Å². The molecular formula is C7H9N3. The van der Waals surface area contributed by atoms with Gasteiger partial charge in [0.1, 0.15) is 5.82 Å². The van der Waals surface area contributed by atoms with E-state index in [2.05, 4.69) is 16.0 Å². The third-order valence-electron chi connectivity index (χ3n) is 1.51. The lowest BCUT2D eigenvalue weighted by Gasteiger charge is -1.99. The maximum absolute atomic E-state index is 3.18. The average Bonchev–Trinajstić information content (AvgIpc) is 2.28. The predicted octanol–water partition coefficient (Wildman–Crippen LogP) is -0.0211. The van der Waals surface area contributed by atoms with E-state index < -0.39 is 0 Å². The van der Waals surface area contributed by atoms with Crippen molar-refractivity contribution in [1.29, 1.82) is 0 Å². The lowest BCUT2D eigenvalue weighted by Crippen LogP contribution is -2.20. The normalized spacial score (nSPS) is 20.8. The van der Waals surface area contributed by atoms with Gasteiger partial charge in [-0.05, 0) is 12.2 Å². The average molecular weight is 135 g/mol. The Labute approximate surface area is 59.5 Å². The summed E-state index contributed by atoms with van der Waals surface area (Å²) in [4.78, 5) is 0. The van der Waals surface area contributed by atoms with Crippen LogP contribution in [0.4, 0.5) is 0 Å². The van der Waals surface area contributed by atoms with E-state index in [1.54, 1.807) is 0 Å². The predicted molar refractivity (Wildman–Crippen MR) is 39.6 cm³/mol. The van der Waals surface area contributed by atoms with Gasteiger partial charge in [-0.3, -0.25) is 0 Å². The molecule has 0 saturated heterocycles. The fourth-order valence-electron chi connectivity index (χ4n) is 1.02. The van der Waals surface area contributed by atoms with E-state index in [9.17, 15) is 0 Å². The Morgan fingerprint density at radius 2 is 2.20 bits per heavy atom. The Kier molecular flexibility index (Phi) is 1.13. The molecule has 0 fully saturated rings. The first-order valence-electron chi connectivity index (χ1n) is 3.28. The van der Waals surface area contributed by atoms with Crippen LogP contribution in [0.2, 0.25) is 0 Å². The summed E-state index contributed by atoms with van der Waals surface area (Å²) in [6.45, 7) is 0.815. The summed E-state index contributed by atoms with van der Waals surface area (Å²) < 4.78 is 0. The third-order valence-corrected chi connectivity index (χ3v) is 1.51. The number of allylic oxidation sites excluding steroid dienone is 3. The van der Waals surface area contributed by atoms with Crippen LogP contribution in [0.25, 0.3) is 0 Å². The molecule has 2 aliphatic rings. The van der Waals surface area contributed by atoms with Crippen molar-refractivity contribution in [1.82, 2.24) is 16.0 Å². The number of rotatable bonds is 0. The van der Waals surface area contributed by atoms with Crippen molar-refractivity contribution in [3.63, 3.8) is 0 Å². The van der Waals surface area contributed by atoms with E-state index >= 15 is 0 Å². The summed E-state index contributed by atoms with van der Waals surface area (Å²) in [6.07, 6.45) is 7.89. The van der Waals surface area contributed by atoms with Gasteiger partial charge in [0, 0.05) is 6.20 Å². The molecule has 0 atom stereocenters. The van der Waals surface area contributed by atoms with Crippen LogP contribution in [0.3, 0.4) is 0 Å². The van der Waals surface area contributed by atoms with E-state index in [0.717, 1.165) is 18.2 Å². The molecule has 0 aromatic carbocycles. The van der Waals surface area contributed by atoms with Gasteiger partial charge in [-0.2, -0.15) is 0 Å². The second kappa shape index (κ2) is 2.10. The Hall–Kier alpha value is -1.38. The molecule has 0 aromatic rings. The van der Waals surface area contributed by atoms with Crippen molar-refractivity contribution in [3.05, 3.63) is 35.9 Å². The Bertz CT molecular complexity index is 225. The molecular weight excluding hydrogens is 126 g/mol. The van der Waals surface area contributed by atoms with E-state index in [1.165, 1.54) is 0 Å². The van der Waals surface area contributed by atoms with Crippen molar-refractivity contribution in [2.75, 3.05) is 6.67 Å². The largest absolute Gasteiger partial charge is 0.365 e. The van der Waals surface area contributed by atoms with E-state index in [-0.39, 0.29) is 0 Å². The Balaban J connectivity index is 2.30. The summed E-state index contributed by atoms with van der Waals surface area (Å²) >= 11 is 0. The molecule has 0 aliphatic carbocycles. The zero-order valence-corrected chi connectivity index (χ0v) is 5.52. The first-order chi connectivity index (χ1) is 4.97. The third kappa shape index (κ3) is 0.757. The summed E-state index contributed by atoms with van der Waals surface area (Å²) in [5.41, 5.74) is 1.13. The van der Waals surface area contributed by atoms with Gasteiger partial charge < -0.3 is 16.0 Å². The molecule has 2 rings (SSSR count). The smallest absolute Gasteiger partial charge is 0.128 e. The number of nitrogens with one attached hydrogen (secondary N) is 3. The second-order valence-corrected chi connectivity index (χ2v) is 2.18. The summed E-state index contributed by atoms with van der Waals surface area (Å²) in [6, 6.07) is 0. The van der Waals surface area contributed by atoms with Crippen LogP contribution in [-0.2, 0) is 0 Å². The molecule has 2 heterocycles. The van der Waals surface area contributed by atoms with Crippen LogP contribution in [0.1, 0.15) is 0 Å². The molecule has 10 heavy (non-hydrogen) atoms. The van der Waals surface area contributed by atoms with Gasteiger partial charge in [0.15, 0.2) is 0 Å². The van der Waals surface area contributed by atoms with Gasteiger partial charge in [-0.1, -0.05) is 6.08 Å². The zero-order chi connectivity index (χ0) is 6.81. The van der Waals surface area contributed by atoms with Gasteiger partial charge in [0.2, 0.25) is 0 Å². The highest BCUT2D eigenvalue weighted by molar-refractivity contribution is 5.31. The monoisotopic (exact) mass is 135 g/mol. The maximum atomic E-state index is 3.18. The minimum atomic E-state index is 0.815. The van der Waals surface area contributed by atoms with Gasteiger partial charge in [0.25, 0.3) is 0 Å². The molecule has 2 aliphatic heterocycles. The van der Waals surface area contributed by atoms with E-state index in [4.69, 9.17) is 0 Å². The first kappa shape index (κ1) is 5.41. The molecule has 0 aromatic heterocycles. The molecule has 3 heteroatoms. The fourth-order valence-corrected chi connectivity index (χ4v) is 1.02.